The molecule has 230 valence electrons. The van der Waals surface area contributed by atoms with Crippen molar-refractivity contribution < 1.29 is 14.3 Å². The molecule has 43 heavy (non-hydrogen) atoms. The van der Waals surface area contributed by atoms with Crippen LogP contribution in [0.15, 0.2) is 109 Å². The van der Waals surface area contributed by atoms with Crippen molar-refractivity contribution in [1.29, 1.82) is 0 Å². The fourth-order valence-electron chi connectivity index (χ4n) is 4.27. The summed E-state index contributed by atoms with van der Waals surface area (Å²) in [7, 11) is 1.65. The Balaban J connectivity index is 1.49. The Bertz CT molecular complexity index is 1280. The van der Waals surface area contributed by atoms with Gasteiger partial charge in [0.15, 0.2) is 0 Å². The lowest BCUT2D eigenvalue weighted by Crippen LogP contribution is -2.36. The molecule has 5 nitrogen and oxygen atoms in total. The van der Waals surface area contributed by atoms with Gasteiger partial charge in [-0.2, -0.15) is 0 Å². The molecule has 2 aromatic rings. The lowest BCUT2D eigenvalue weighted by atomic mass is 9.97. The van der Waals surface area contributed by atoms with Gasteiger partial charge in [0, 0.05) is 19.5 Å². The van der Waals surface area contributed by atoms with Gasteiger partial charge in [0.1, 0.15) is 5.75 Å². The van der Waals surface area contributed by atoms with E-state index in [0.717, 1.165) is 60.6 Å². The van der Waals surface area contributed by atoms with Gasteiger partial charge in [-0.1, -0.05) is 104 Å². The van der Waals surface area contributed by atoms with Gasteiger partial charge < -0.3 is 15.4 Å². The van der Waals surface area contributed by atoms with Crippen LogP contribution < -0.4 is 15.4 Å². The summed E-state index contributed by atoms with van der Waals surface area (Å²) in [6.07, 6.45) is 33.0. The number of ether oxygens (including phenoxy) is 1. The molecule has 0 aromatic heterocycles. The SMILES string of the molecule is CC/C=C\C/C=C\C/C=C\C/C=C\C/C=C\C/C=C\CCC(=O)NCCNC(=O)C(C)c1ccc2cc(OC)ccc2c1. The minimum atomic E-state index is -0.282. The van der Waals surface area contributed by atoms with E-state index in [1.165, 1.54) is 0 Å². The zero-order valence-corrected chi connectivity index (χ0v) is 26.3. The summed E-state index contributed by atoms with van der Waals surface area (Å²) in [5, 5.41) is 7.94. The maximum Gasteiger partial charge on any atom is 0.227 e. The second-order valence-corrected chi connectivity index (χ2v) is 10.3. The van der Waals surface area contributed by atoms with E-state index in [1.54, 1.807) is 7.11 Å². The van der Waals surface area contributed by atoms with E-state index in [4.69, 9.17) is 4.74 Å². The number of benzene rings is 2. The standard InChI is InChI=1S/C38H50N2O3/c1-4-5-6-7-8-9-10-11-12-13-14-15-16-17-18-19-20-21-22-23-37(41)39-28-29-40-38(42)32(2)33-24-25-35-31-36(43-3)27-26-34(35)30-33/h5-6,8-9,11-12,14-15,17-18,20-21,24-27,30-32H,4,7,10,13,16,19,22-23,28-29H2,1-3H3,(H,39,41)(H,40,42)/b6-5-,9-8-,12-11-,15-14-,18-17-,21-20-. The maximum atomic E-state index is 12.6. The van der Waals surface area contributed by atoms with Gasteiger partial charge in [0.05, 0.1) is 13.0 Å². The van der Waals surface area contributed by atoms with E-state index >= 15 is 0 Å². The topological polar surface area (TPSA) is 67.4 Å². The lowest BCUT2D eigenvalue weighted by Gasteiger charge is -2.14. The average molecular weight is 583 g/mol. The van der Waals surface area contributed by atoms with E-state index in [-0.39, 0.29) is 17.7 Å². The van der Waals surface area contributed by atoms with Crippen LogP contribution in [0.5, 0.6) is 5.75 Å². The summed E-state index contributed by atoms with van der Waals surface area (Å²) >= 11 is 0. The highest BCUT2D eigenvalue weighted by Gasteiger charge is 2.15. The summed E-state index contributed by atoms with van der Waals surface area (Å²) in [4.78, 5) is 24.7. The van der Waals surface area contributed by atoms with E-state index < -0.39 is 0 Å². The molecule has 5 heteroatoms. The zero-order chi connectivity index (χ0) is 31.0. The van der Waals surface area contributed by atoms with Gasteiger partial charge in [-0.25, -0.2) is 0 Å². The van der Waals surface area contributed by atoms with Gasteiger partial charge in [-0.15, -0.1) is 0 Å². The first-order valence-electron chi connectivity index (χ1n) is 15.6. The van der Waals surface area contributed by atoms with Gasteiger partial charge in [-0.3, -0.25) is 9.59 Å². The number of hydrogen-bond acceptors (Lipinski definition) is 3. The normalized spacial score (nSPS) is 13.0. The fraction of sp³-hybridized carbons (Fsp3) is 0.368. The molecule has 0 bridgehead atoms. The molecule has 0 heterocycles. The second kappa shape index (κ2) is 22.5. The molecule has 0 aliphatic rings. The minimum absolute atomic E-state index is 0.00761. The number of hydrogen-bond donors (Lipinski definition) is 2. The highest BCUT2D eigenvalue weighted by atomic mass is 16.5. The molecule has 2 N–H and O–H groups in total. The number of fused-ring (bicyclic) bond motifs is 1. The van der Waals surface area contributed by atoms with Crippen LogP contribution in [0.25, 0.3) is 10.8 Å². The summed E-state index contributed by atoms with van der Waals surface area (Å²) in [6.45, 7) is 4.86. The largest absolute Gasteiger partial charge is 0.497 e. The third kappa shape index (κ3) is 15.6. The molecule has 0 radical (unpaired) electrons. The molecular weight excluding hydrogens is 532 g/mol. The Morgan fingerprint density at radius 1 is 0.698 bits per heavy atom. The van der Waals surface area contributed by atoms with Crippen molar-refractivity contribution in [1.82, 2.24) is 10.6 Å². The summed E-state index contributed by atoms with van der Waals surface area (Å²) in [5.74, 6) is 0.465. The van der Waals surface area contributed by atoms with Crippen LogP contribution in [-0.4, -0.2) is 32.0 Å². The highest BCUT2D eigenvalue weighted by Crippen LogP contribution is 2.25. The summed E-state index contributed by atoms with van der Waals surface area (Å²) in [6, 6.07) is 11.9. The second-order valence-electron chi connectivity index (χ2n) is 10.3. The molecule has 0 saturated heterocycles. The number of methoxy groups -OCH3 is 1. The van der Waals surface area contributed by atoms with Gasteiger partial charge >= 0.3 is 0 Å². The van der Waals surface area contributed by atoms with Crippen LogP contribution in [0.1, 0.15) is 76.7 Å². The van der Waals surface area contributed by atoms with Crippen LogP contribution in [-0.2, 0) is 9.59 Å². The first-order valence-corrected chi connectivity index (χ1v) is 15.6. The van der Waals surface area contributed by atoms with E-state index in [1.807, 2.05) is 49.4 Å². The van der Waals surface area contributed by atoms with Crippen molar-refractivity contribution in [2.24, 2.45) is 0 Å². The van der Waals surface area contributed by atoms with E-state index in [2.05, 4.69) is 84.4 Å². The molecule has 2 rings (SSSR count). The Hall–Kier alpha value is -4.12. The smallest absolute Gasteiger partial charge is 0.227 e. The molecule has 0 fully saturated rings. The van der Waals surface area contributed by atoms with Crippen molar-refractivity contribution in [3.63, 3.8) is 0 Å². The molecule has 0 saturated carbocycles. The van der Waals surface area contributed by atoms with Crippen molar-refractivity contribution in [2.45, 2.75) is 71.1 Å². The van der Waals surface area contributed by atoms with Crippen molar-refractivity contribution in [2.75, 3.05) is 20.2 Å². The molecule has 0 aliphatic heterocycles. The third-order valence-corrected chi connectivity index (χ3v) is 6.85. The van der Waals surface area contributed by atoms with E-state index in [0.29, 0.717) is 25.9 Å². The number of carbonyl (C=O) groups excluding carboxylic acids is 2. The van der Waals surface area contributed by atoms with Crippen LogP contribution in [0, 0.1) is 0 Å². The minimum Gasteiger partial charge on any atom is -0.497 e. The van der Waals surface area contributed by atoms with Crippen molar-refractivity contribution in [3.8, 4) is 5.75 Å². The molecule has 1 unspecified atom stereocenters. The monoisotopic (exact) mass is 582 g/mol. The maximum absolute atomic E-state index is 12.6. The average Bonchev–Trinajstić information content (AvgIpc) is 3.03. The van der Waals surface area contributed by atoms with Crippen LogP contribution in [0.4, 0.5) is 0 Å². The first kappa shape index (κ1) is 35.1. The quantitative estimate of drug-likeness (QED) is 0.121. The fourth-order valence-corrected chi connectivity index (χ4v) is 4.27. The van der Waals surface area contributed by atoms with Crippen LogP contribution in [0.3, 0.4) is 0 Å². The lowest BCUT2D eigenvalue weighted by molar-refractivity contribution is -0.123. The number of rotatable bonds is 20. The predicted molar refractivity (Wildman–Crippen MR) is 182 cm³/mol. The zero-order valence-electron chi connectivity index (χ0n) is 26.3. The predicted octanol–water partition coefficient (Wildman–Crippen LogP) is 8.66. The third-order valence-electron chi connectivity index (χ3n) is 6.85. The number of allylic oxidation sites excluding steroid dienone is 12. The molecular formula is C38H50N2O3. The van der Waals surface area contributed by atoms with Crippen molar-refractivity contribution >= 4 is 22.6 Å². The summed E-state index contributed by atoms with van der Waals surface area (Å²) in [5.41, 5.74) is 0.954. The Kier molecular flexibility index (Phi) is 18.3. The van der Waals surface area contributed by atoms with Crippen LogP contribution in [0.2, 0.25) is 0 Å². The highest BCUT2D eigenvalue weighted by molar-refractivity contribution is 5.88. The molecule has 1 atom stereocenters. The van der Waals surface area contributed by atoms with E-state index in [9.17, 15) is 9.59 Å². The van der Waals surface area contributed by atoms with Gasteiger partial charge in [0.25, 0.3) is 0 Å². The van der Waals surface area contributed by atoms with Crippen LogP contribution >= 0.6 is 0 Å². The Morgan fingerprint density at radius 2 is 1.21 bits per heavy atom. The molecule has 0 spiro atoms. The Labute approximate surface area is 259 Å². The number of amides is 2. The number of nitrogens with one attached hydrogen (secondary N) is 2. The van der Waals surface area contributed by atoms with Gasteiger partial charge in [-0.05, 0) is 80.3 Å². The number of carbonyl (C=O) groups is 2. The van der Waals surface area contributed by atoms with Gasteiger partial charge in [0.2, 0.25) is 11.8 Å². The molecule has 0 aliphatic carbocycles. The molecule has 2 aromatic carbocycles. The van der Waals surface area contributed by atoms with Crippen molar-refractivity contribution in [3.05, 3.63) is 115 Å². The summed E-state index contributed by atoms with van der Waals surface area (Å²) < 4.78 is 5.28. The molecule has 2 amide bonds. The first-order chi connectivity index (χ1) is 21.0. The Morgan fingerprint density at radius 3 is 1.79 bits per heavy atom.